The number of anilines is 1. The number of hydrogen-bond acceptors (Lipinski definition) is 3. The van der Waals surface area contributed by atoms with Crippen LogP contribution < -0.4 is 10.5 Å². The Morgan fingerprint density at radius 3 is 2.65 bits per heavy atom. The van der Waals surface area contributed by atoms with Crippen LogP contribution in [0.3, 0.4) is 0 Å². The molecule has 0 bridgehead atoms. The fourth-order valence-electron chi connectivity index (χ4n) is 2.29. The molecule has 0 saturated heterocycles. The average molecular weight is 230 g/mol. The molecule has 1 aromatic carbocycles. The number of nitrogen functional groups attached to an aromatic ring is 1. The van der Waals surface area contributed by atoms with Crippen molar-refractivity contribution in [3.05, 3.63) is 23.8 Å². The largest absolute Gasteiger partial charge is 0.489 e. The van der Waals surface area contributed by atoms with E-state index in [1.165, 1.54) is 12.8 Å². The molecule has 90 valence electrons. The van der Waals surface area contributed by atoms with Crippen LogP contribution in [0.4, 0.5) is 5.69 Å². The number of hydrogen-bond donors (Lipinski definition) is 1. The van der Waals surface area contributed by atoms with Crippen molar-refractivity contribution in [3.63, 3.8) is 0 Å². The number of nitrogens with zero attached hydrogens (tertiary/aromatic N) is 1. The second kappa shape index (κ2) is 5.09. The summed E-state index contributed by atoms with van der Waals surface area (Å²) in [5, 5.41) is 9.06. The van der Waals surface area contributed by atoms with Crippen molar-refractivity contribution in [1.82, 2.24) is 0 Å². The first-order chi connectivity index (χ1) is 8.20. The number of nitriles is 1. The van der Waals surface area contributed by atoms with Crippen molar-refractivity contribution in [2.75, 3.05) is 5.73 Å². The van der Waals surface area contributed by atoms with Gasteiger partial charge in [0.1, 0.15) is 17.4 Å². The van der Waals surface area contributed by atoms with Crippen molar-refractivity contribution >= 4 is 5.69 Å². The molecule has 0 heterocycles. The van der Waals surface area contributed by atoms with Gasteiger partial charge in [0, 0.05) is 0 Å². The van der Waals surface area contributed by atoms with Crippen LogP contribution in [0.25, 0.3) is 0 Å². The van der Waals surface area contributed by atoms with Crippen LogP contribution in [0, 0.1) is 17.2 Å². The SMILES string of the molecule is C[C@H]1CC[C@H](Oc2cccc(N)c2C#N)CC1. The summed E-state index contributed by atoms with van der Waals surface area (Å²) in [6.45, 7) is 2.28. The molecule has 0 aliphatic heterocycles. The second-order valence-electron chi connectivity index (χ2n) is 4.83. The zero-order valence-corrected chi connectivity index (χ0v) is 10.1. The van der Waals surface area contributed by atoms with Gasteiger partial charge in [-0.05, 0) is 43.7 Å². The van der Waals surface area contributed by atoms with Gasteiger partial charge >= 0.3 is 0 Å². The molecule has 0 amide bonds. The molecule has 17 heavy (non-hydrogen) atoms. The van der Waals surface area contributed by atoms with Gasteiger partial charge in [-0.15, -0.1) is 0 Å². The van der Waals surface area contributed by atoms with Crippen molar-refractivity contribution in [3.8, 4) is 11.8 Å². The maximum atomic E-state index is 9.06. The van der Waals surface area contributed by atoms with E-state index in [-0.39, 0.29) is 6.10 Å². The maximum Gasteiger partial charge on any atom is 0.139 e. The Hall–Kier alpha value is -1.69. The van der Waals surface area contributed by atoms with Gasteiger partial charge in [0.05, 0.1) is 11.8 Å². The van der Waals surface area contributed by atoms with Gasteiger partial charge in [-0.2, -0.15) is 5.26 Å². The summed E-state index contributed by atoms with van der Waals surface area (Å²) in [6.07, 6.45) is 4.78. The van der Waals surface area contributed by atoms with Crippen molar-refractivity contribution in [1.29, 1.82) is 5.26 Å². The lowest BCUT2D eigenvalue weighted by molar-refractivity contribution is 0.135. The molecule has 3 nitrogen and oxygen atoms in total. The van der Waals surface area contributed by atoms with Crippen molar-refractivity contribution in [2.45, 2.75) is 38.7 Å². The van der Waals surface area contributed by atoms with E-state index in [2.05, 4.69) is 13.0 Å². The molecule has 0 aromatic heterocycles. The lowest BCUT2D eigenvalue weighted by Crippen LogP contribution is -2.23. The molecule has 2 rings (SSSR count). The normalized spacial score (nSPS) is 24.0. The van der Waals surface area contributed by atoms with E-state index in [1.54, 1.807) is 6.07 Å². The quantitative estimate of drug-likeness (QED) is 0.794. The lowest BCUT2D eigenvalue weighted by Gasteiger charge is -2.27. The van der Waals surface area contributed by atoms with Gasteiger partial charge in [-0.3, -0.25) is 0 Å². The molecule has 0 unspecified atom stereocenters. The van der Waals surface area contributed by atoms with Crippen LogP contribution in [-0.2, 0) is 0 Å². The first kappa shape index (κ1) is 11.8. The van der Waals surface area contributed by atoms with E-state index in [1.807, 2.05) is 12.1 Å². The maximum absolute atomic E-state index is 9.06. The van der Waals surface area contributed by atoms with Gasteiger partial charge in [0.15, 0.2) is 0 Å². The van der Waals surface area contributed by atoms with Crippen LogP contribution in [0.1, 0.15) is 38.2 Å². The molecule has 3 heteroatoms. The number of nitrogens with two attached hydrogens (primary N) is 1. The lowest BCUT2D eigenvalue weighted by atomic mass is 9.89. The fourth-order valence-corrected chi connectivity index (χ4v) is 2.29. The Balaban J connectivity index is 2.09. The van der Waals surface area contributed by atoms with Crippen LogP contribution in [0.5, 0.6) is 5.75 Å². The summed E-state index contributed by atoms with van der Waals surface area (Å²) >= 11 is 0. The van der Waals surface area contributed by atoms with Gasteiger partial charge in [-0.1, -0.05) is 13.0 Å². The van der Waals surface area contributed by atoms with Crippen LogP contribution in [0.2, 0.25) is 0 Å². The fraction of sp³-hybridized carbons (Fsp3) is 0.500. The van der Waals surface area contributed by atoms with Crippen molar-refractivity contribution in [2.24, 2.45) is 5.92 Å². The third kappa shape index (κ3) is 2.71. The van der Waals surface area contributed by atoms with Gasteiger partial charge in [0.25, 0.3) is 0 Å². The molecule has 1 aliphatic rings. The minimum Gasteiger partial charge on any atom is -0.489 e. The monoisotopic (exact) mass is 230 g/mol. The van der Waals surface area contributed by atoms with E-state index in [0.29, 0.717) is 17.0 Å². The van der Waals surface area contributed by atoms with Gasteiger partial charge < -0.3 is 10.5 Å². The Morgan fingerprint density at radius 2 is 2.00 bits per heavy atom. The molecular weight excluding hydrogens is 212 g/mol. The number of ether oxygens (including phenoxy) is 1. The highest BCUT2D eigenvalue weighted by atomic mass is 16.5. The van der Waals surface area contributed by atoms with Crippen LogP contribution in [-0.4, -0.2) is 6.10 Å². The minimum atomic E-state index is 0.236. The summed E-state index contributed by atoms with van der Waals surface area (Å²) in [7, 11) is 0. The van der Waals surface area contributed by atoms with Gasteiger partial charge in [-0.25, -0.2) is 0 Å². The molecule has 1 fully saturated rings. The number of benzene rings is 1. The summed E-state index contributed by atoms with van der Waals surface area (Å²) in [4.78, 5) is 0. The molecule has 0 atom stereocenters. The Labute approximate surface area is 102 Å². The highest BCUT2D eigenvalue weighted by Crippen LogP contribution is 2.30. The first-order valence-electron chi connectivity index (χ1n) is 6.16. The third-order valence-electron chi connectivity index (χ3n) is 3.43. The molecular formula is C14H18N2O. The molecule has 2 N–H and O–H groups in total. The predicted molar refractivity (Wildman–Crippen MR) is 67.6 cm³/mol. The van der Waals surface area contributed by atoms with E-state index < -0.39 is 0 Å². The first-order valence-corrected chi connectivity index (χ1v) is 6.16. The number of rotatable bonds is 2. The Bertz CT molecular complexity index is 428. The highest BCUT2D eigenvalue weighted by Gasteiger charge is 2.20. The summed E-state index contributed by atoms with van der Waals surface area (Å²) in [5.41, 5.74) is 6.72. The molecule has 1 saturated carbocycles. The molecule has 0 spiro atoms. The average Bonchev–Trinajstić information content (AvgIpc) is 2.32. The molecule has 1 aliphatic carbocycles. The topological polar surface area (TPSA) is 59.0 Å². The standard InChI is InChI=1S/C14H18N2O/c1-10-5-7-11(8-6-10)17-14-4-2-3-13(16)12(14)9-15/h2-4,10-11H,5-8,16H2,1H3/t10-,11-. The summed E-state index contributed by atoms with van der Waals surface area (Å²) in [6, 6.07) is 7.50. The molecule has 0 radical (unpaired) electrons. The Morgan fingerprint density at radius 1 is 1.29 bits per heavy atom. The van der Waals surface area contributed by atoms with E-state index in [4.69, 9.17) is 15.7 Å². The van der Waals surface area contributed by atoms with E-state index in [0.717, 1.165) is 18.8 Å². The predicted octanol–water partition coefficient (Wildman–Crippen LogP) is 3.10. The van der Waals surface area contributed by atoms with Crippen LogP contribution >= 0.6 is 0 Å². The van der Waals surface area contributed by atoms with Gasteiger partial charge in [0.2, 0.25) is 0 Å². The smallest absolute Gasteiger partial charge is 0.139 e. The van der Waals surface area contributed by atoms with Crippen LogP contribution in [0.15, 0.2) is 18.2 Å². The minimum absolute atomic E-state index is 0.236. The van der Waals surface area contributed by atoms with Crippen molar-refractivity contribution < 1.29 is 4.74 Å². The zero-order chi connectivity index (χ0) is 12.3. The summed E-state index contributed by atoms with van der Waals surface area (Å²) in [5.74, 6) is 1.43. The van der Waals surface area contributed by atoms with E-state index >= 15 is 0 Å². The summed E-state index contributed by atoms with van der Waals surface area (Å²) < 4.78 is 5.90. The van der Waals surface area contributed by atoms with E-state index in [9.17, 15) is 0 Å². The third-order valence-corrected chi connectivity index (χ3v) is 3.43. The second-order valence-corrected chi connectivity index (χ2v) is 4.83. The molecule has 1 aromatic rings. The highest BCUT2D eigenvalue weighted by molar-refractivity contribution is 5.60. The Kier molecular flexibility index (Phi) is 3.53. The zero-order valence-electron chi connectivity index (χ0n) is 10.1.